The number of rotatable bonds is 4. The molecule has 0 radical (unpaired) electrons. The van der Waals surface area contributed by atoms with Crippen molar-refractivity contribution in [2.45, 2.75) is 0 Å². The molecular formula is C4H10N4O4S. The molecule has 0 spiro atoms. The standard InChI is InChI=1S/C4H10N4O4S/c5-7-3(9)1-13(11,12)2-4(10)8-6/h1-2,5-6H2,(H,7,9)(H,8,10). The number of sulfone groups is 1. The van der Waals surface area contributed by atoms with Gasteiger partial charge in [0.15, 0.2) is 9.84 Å². The summed E-state index contributed by atoms with van der Waals surface area (Å²) in [5.41, 5.74) is 3.26. The molecule has 6 N–H and O–H groups in total. The molecule has 2 amide bonds. The molecule has 0 aliphatic rings. The van der Waals surface area contributed by atoms with Gasteiger partial charge in [0.1, 0.15) is 11.5 Å². The van der Waals surface area contributed by atoms with E-state index in [9.17, 15) is 18.0 Å². The van der Waals surface area contributed by atoms with Gasteiger partial charge in [0, 0.05) is 0 Å². The van der Waals surface area contributed by atoms with Crippen molar-refractivity contribution in [3.05, 3.63) is 0 Å². The third-order valence-corrected chi connectivity index (χ3v) is 2.43. The van der Waals surface area contributed by atoms with Crippen LogP contribution in [0.1, 0.15) is 0 Å². The average Bonchev–Trinajstić information content (AvgIpc) is 2.02. The first-order chi connectivity index (χ1) is 5.91. The maximum atomic E-state index is 10.9. The molecule has 0 unspecified atom stereocenters. The van der Waals surface area contributed by atoms with Crippen LogP contribution in [0, 0.1) is 0 Å². The quantitative estimate of drug-likeness (QED) is 0.214. The topological polar surface area (TPSA) is 144 Å². The molecule has 13 heavy (non-hydrogen) atoms. The predicted octanol–water partition coefficient (Wildman–Crippen LogP) is -3.62. The smallest absolute Gasteiger partial charge is 0.249 e. The van der Waals surface area contributed by atoms with Crippen molar-refractivity contribution >= 4 is 21.7 Å². The molecule has 0 fully saturated rings. The van der Waals surface area contributed by atoms with Crippen LogP contribution in [-0.2, 0) is 19.4 Å². The summed E-state index contributed by atoms with van der Waals surface area (Å²) >= 11 is 0. The molecule has 0 saturated heterocycles. The molecule has 0 aliphatic heterocycles. The summed E-state index contributed by atoms with van der Waals surface area (Å²) in [5.74, 6) is 5.86. The number of hydrogen-bond acceptors (Lipinski definition) is 6. The first-order valence-electron chi connectivity index (χ1n) is 3.10. The van der Waals surface area contributed by atoms with Crippen LogP contribution in [0.25, 0.3) is 0 Å². The highest BCUT2D eigenvalue weighted by molar-refractivity contribution is 7.92. The zero-order chi connectivity index (χ0) is 10.5. The number of carbonyl (C=O) groups excluding carboxylic acids is 2. The zero-order valence-corrected chi connectivity index (χ0v) is 7.43. The van der Waals surface area contributed by atoms with Crippen molar-refractivity contribution in [1.29, 1.82) is 0 Å². The van der Waals surface area contributed by atoms with E-state index in [0.29, 0.717) is 0 Å². The molecule has 0 heterocycles. The molecular weight excluding hydrogens is 200 g/mol. The molecule has 76 valence electrons. The Labute approximate surface area is 74.5 Å². The molecule has 0 atom stereocenters. The molecule has 0 aromatic heterocycles. The first kappa shape index (κ1) is 11.8. The fourth-order valence-corrected chi connectivity index (χ4v) is 1.60. The van der Waals surface area contributed by atoms with E-state index in [0.717, 1.165) is 0 Å². The molecule has 0 aromatic carbocycles. The van der Waals surface area contributed by atoms with Crippen molar-refractivity contribution in [3.63, 3.8) is 0 Å². The normalized spacial score (nSPS) is 10.6. The summed E-state index contributed by atoms with van der Waals surface area (Å²) < 4.78 is 21.9. The molecule has 9 heteroatoms. The third-order valence-electron chi connectivity index (χ3n) is 1.02. The minimum Gasteiger partial charge on any atom is -0.293 e. The van der Waals surface area contributed by atoms with Crippen LogP contribution in [0.2, 0.25) is 0 Å². The van der Waals surface area contributed by atoms with Crippen LogP contribution in [0.3, 0.4) is 0 Å². The van der Waals surface area contributed by atoms with E-state index < -0.39 is 33.2 Å². The molecule has 0 aromatic rings. The number of amides is 2. The Morgan fingerprint density at radius 3 is 1.54 bits per heavy atom. The van der Waals surface area contributed by atoms with Gasteiger partial charge in [0.05, 0.1) is 0 Å². The second-order valence-electron chi connectivity index (χ2n) is 2.17. The van der Waals surface area contributed by atoms with E-state index in [2.05, 4.69) is 11.7 Å². The van der Waals surface area contributed by atoms with Crippen LogP contribution in [-0.4, -0.2) is 31.7 Å². The Balaban J connectivity index is 4.26. The zero-order valence-electron chi connectivity index (χ0n) is 6.61. The van der Waals surface area contributed by atoms with Gasteiger partial charge in [-0.15, -0.1) is 0 Å². The highest BCUT2D eigenvalue weighted by atomic mass is 32.2. The van der Waals surface area contributed by atoms with E-state index in [-0.39, 0.29) is 0 Å². The Hall–Kier alpha value is -1.19. The van der Waals surface area contributed by atoms with Gasteiger partial charge >= 0.3 is 0 Å². The second kappa shape index (κ2) is 4.74. The predicted molar refractivity (Wildman–Crippen MR) is 43.3 cm³/mol. The van der Waals surface area contributed by atoms with Crippen molar-refractivity contribution in [2.75, 3.05) is 11.5 Å². The van der Waals surface area contributed by atoms with Gasteiger partial charge in [-0.1, -0.05) is 0 Å². The lowest BCUT2D eigenvalue weighted by Crippen LogP contribution is -2.40. The number of hydrogen-bond donors (Lipinski definition) is 4. The largest absolute Gasteiger partial charge is 0.293 e. The van der Waals surface area contributed by atoms with Gasteiger partial charge in [0.2, 0.25) is 11.8 Å². The van der Waals surface area contributed by atoms with Crippen molar-refractivity contribution in [2.24, 2.45) is 11.7 Å². The Morgan fingerprint density at radius 2 is 1.31 bits per heavy atom. The molecule has 0 rings (SSSR count). The number of nitrogens with one attached hydrogen (secondary N) is 2. The molecule has 8 nitrogen and oxygen atoms in total. The maximum absolute atomic E-state index is 10.9. The number of carbonyl (C=O) groups is 2. The van der Waals surface area contributed by atoms with Gasteiger partial charge in [-0.25, -0.2) is 20.1 Å². The summed E-state index contributed by atoms with van der Waals surface area (Å²) in [7, 11) is -3.79. The van der Waals surface area contributed by atoms with Gasteiger partial charge in [-0.2, -0.15) is 0 Å². The minimum atomic E-state index is -3.79. The average molecular weight is 210 g/mol. The molecule has 0 aliphatic carbocycles. The van der Waals surface area contributed by atoms with Crippen LogP contribution in [0.4, 0.5) is 0 Å². The van der Waals surface area contributed by atoms with Gasteiger partial charge in [-0.3, -0.25) is 20.4 Å². The fraction of sp³-hybridized carbons (Fsp3) is 0.500. The van der Waals surface area contributed by atoms with E-state index >= 15 is 0 Å². The lowest BCUT2D eigenvalue weighted by atomic mass is 10.7. The van der Waals surface area contributed by atoms with E-state index in [1.165, 1.54) is 0 Å². The number of nitrogens with two attached hydrogens (primary N) is 2. The third kappa shape index (κ3) is 5.11. The van der Waals surface area contributed by atoms with Crippen molar-refractivity contribution in [1.82, 2.24) is 10.9 Å². The van der Waals surface area contributed by atoms with Crippen LogP contribution in [0.5, 0.6) is 0 Å². The maximum Gasteiger partial charge on any atom is 0.249 e. The van der Waals surface area contributed by atoms with Crippen molar-refractivity contribution in [3.8, 4) is 0 Å². The van der Waals surface area contributed by atoms with Gasteiger partial charge < -0.3 is 0 Å². The fourth-order valence-electron chi connectivity index (χ4n) is 0.534. The Bertz CT molecular complexity index is 273. The molecule has 0 bridgehead atoms. The molecule has 0 saturated carbocycles. The lowest BCUT2D eigenvalue weighted by Gasteiger charge is -2.01. The monoisotopic (exact) mass is 210 g/mol. The second-order valence-corrected chi connectivity index (χ2v) is 4.23. The van der Waals surface area contributed by atoms with Gasteiger partial charge in [-0.05, 0) is 0 Å². The SMILES string of the molecule is NNC(=O)CS(=O)(=O)CC(=O)NN. The van der Waals surface area contributed by atoms with E-state index in [4.69, 9.17) is 0 Å². The highest BCUT2D eigenvalue weighted by Gasteiger charge is 2.19. The Morgan fingerprint density at radius 1 is 1.00 bits per heavy atom. The minimum absolute atomic E-state index is 0.836. The number of hydrazine groups is 2. The van der Waals surface area contributed by atoms with Crippen LogP contribution < -0.4 is 22.5 Å². The lowest BCUT2D eigenvalue weighted by molar-refractivity contribution is -0.118. The van der Waals surface area contributed by atoms with Crippen LogP contribution in [0.15, 0.2) is 0 Å². The Kier molecular flexibility index (Phi) is 4.31. The van der Waals surface area contributed by atoms with Gasteiger partial charge in [0.25, 0.3) is 0 Å². The van der Waals surface area contributed by atoms with E-state index in [1.54, 1.807) is 10.9 Å². The first-order valence-corrected chi connectivity index (χ1v) is 4.92. The van der Waals surface area contributed by atoms with E-state index in [1.807, 2.05) is 0 Å². The summed E-state index contributed by atoms with van der Waals surface area (Å²) in [5, 5.41) is 0. The highest BCUT2D eigenvalue weighted by Crippen LogP contribution is 1.88. The summed E-state index contributed by atoms with van der Waals surface area (Å²) in [6.07, 6.45) is 0. The van der Waals surface area contributed by atoms with Crippen LogP contribution >= 0.6 is 0 Å². The summed E-state index contributed by atoms with van der Waals surface area (Å²) in [4.78, 5) is 21.0. The van der Waals surface area contributed by atoms with Crippen molar-refractivity contribution < 1.29 is 18.0 Å². The summed E-state index contributed by atoms with van der Waals surface area (Å²) in [6.45, 7) is 0. The summed E-state index contributed by atoms with van der Waals surface area (Å²) in [6, 6.07) is 0.